The molecule has 2 N–H and O–H groups in total. The summed E-state index contributed by atoms with van der Waals surface area (Å²) in [7, 11) is 0. The molecule has 1 fully saturated rings. The van der Waals surface area contributed by atoms with Crippen LogP contribution >= 0.6 is 12.4 Å². The quantitative estimate of drug-likeness (QED) is 0.736. The van der Waals surface area contributed by atoms with Crippen molar-refractivity contribution >= 4 is 12.4 Å². The number of halogens is 1. The van der Waals surface area contributed by atoms with E-state index in [2.05, 4.69) is 32.0 Å². The van der Waals surface area contributed by atoms with E-state index in [1.807, 2.05) is 0 Å². The monoisotopic (exact) mass is 197 g/mol. The summed E-state index contributed by atoms with van der Waals surface area (Å²) in [6, 6.07) is 6.55. The molecule has 0 radical (unpaired) electrons. The standard InChI is InChI=1S/C11H15N.ClH/c1-8-3-4-10(7-9(8)2)11(12)5-6-11;/h3-4,7H,5-6,12H2,1-2H3;1H. The lowest BCUT2D eigenvalue weighted by Crippen LogP contribution is -2.18. The highest BCUT2D eigenvalue weighted by molar-refractivity contribution is 5.85. The zero-order valence-corrected chi connectivity index (χ0v) is 8.95. The van der Waals surface area contributed by atoms with E-state index in [9.17, 15) is 0 Å². The minimum absolute atomic E-state index is 0. The van der Waals surface area contributed by atoms with Gasteiger partial charge in [-0.1, -0.05) is 18.2 Å². The maximum Gasteiger partial charge on any atom is 0.0411 e. The van der Waals surface area contributed by atoms with Crippen LogP contribution in [0.15, 0.2) is 18.2 Å². The fourth-order valence-corrected chi connectivity index (χ4v) is 1.47. The third kappa shape index (κ3) is 1.87. The van der Waals surface area contributed by atoms with Gasteiger partial charge in [0.1, 0.15) is 0 Å². The molecule has 1 aromatic rings. The molecule has 72 valence electrons. The summed E-state index contributed by atoms with van der Waals surface area (Å²) < 4.78 is 0. The summed E-state index contributed by atoms with van der Waals surface area (Å²) in [5, 5.41) is 0. The van der Waals surface area contributed by atoms with Crippen LogP contribution in [0.25, 0.3) is 0 Å². The van der Waals surface area contributed by atoms with E-state index >= 15 is 0 Å². The highest BCUT2D eigenvalue weighted by Gasteiger charge is 2.39. The highest BCUT2D eigenvalue weighted by atomic mass is 35.5. The van der Waals surface area contributed by atoms with Crippen molar-refractivity contribution in [1.29, 1.82) is 0 Å². The smallest absolute Gasteiger partial charge is 0.0411 e. The van der Waals surface area contributed by atoms with E-state index in [4.69, 9.17) is 5.73 Å². The van der Waals surface area contributed by atoms with E-state index in [1.54, 1.807) is 0 Å². The number of benzene rings is 1. The lowest BCUT2D eigenvalue weighted by molar-refractivity contribution is 0.738. The molecule has 2 rings (SSSR count). The Bertz CT molecular complexity index is 316. The van der Waals surface area contributed by atoms with E-state index in [1.165, 1.54) is 16.7 Å². The van der Waals surface area contributed by atoms with Gasteiger partial charge in [-0.15, -0.1) is 12.4 Å². The topological polar surface area (TPSA) is 26.0 Å². The molecular weight excluding hydrogens is 182 g/mol. The first-order valence-corrected chi connectivity index (χ1v) is 4.48. The summed E-state index contributed by atoms with van der Waals surface area (Å²) in [6.07, 6.45) is 2.30. The van der Waals surface area contributed by atoms with Gasteiger partial charge in [-0.25, -0.2) is 0 Å². The molecule has 0 aliphatic heterocycles. The molecule has 0 atom stereocenters. The molecule has 13 heavy (non-hydrogen) atoms. The number of rotatable bonds is 1. The second-order valence-electron chi connectivity index (χ2n) is 3.96. The van der Waals surface area contributed by atoms with E-state index in [0.717, 1.165) is 12.8 Å². The average Bonchev–Trinajstić information content (AvgIpc) is 2.75. The van der Waals surface area contributed by atoms with Gasteiger partial charge in [0, 0.05) is 5.54 Å². The van der Waals surface area contributed by atoms with Crippen LogP contribution in [-0.2, 0) is 5.54 Å². The van der Waals surface area contributed by atoms with Gasteiger partial charge in [0.05, 0.1) is 0 Å². The van der Waals surface area contributed by atoms with Crippen LogP contribution in [-0.4, -0.2) is 0 Å². The van der Waals surface area contributed by atoms with Crippen LogP contribution in [0.2, 0.25) is 0 Å². The number of aryl methyl sites for hydroxylation is 2. The van der Waals surface area contributed by atoms with E-state index in [-0.39, 0.29) is 17.9 Å². The summed E-state index contributed by atoms with van der Waals surface area (Å²) in [5.74, 6) is 0. The van der Waals surface area contributed by atoms with Crippen LogP contribution < -0.4 is 5.73 Å². The van der Waals surface area contributed by atoms with Crippen LogP contribution in [0.4, 0.5) is 0 Å². The van der Waals surface area contributed by atoms with Crippen molar-refractivity contribution in [2.75, 3.05) is 0 Å². The SMILES string of the molecule is Cc1ccc(C2(N)CC2)cc1C.Cl. The molecule has 1 aliphatic carbocycles. The van der Waals surface area contributed by atoms with Gasteiger partial charge in [0.25, 0.3) is 0 Å². The lowest BCUT2D eigenvalue weighted by atomic mass is 10.0. The maximum atomic E-state index is 6.09. The summed E-state index contributed by atoms with van der Waals surface area (Å²) in [5.41, 5.74) is 10.1. The van der Waals surface area contributed by atoms with Gasteiger partial charge in [0.2, 0.25) is 0 Å². The van der Waals surface area contributed by atoms with Crippen molar-refractivity contribution in [2.45, 2.75) is 32.2 Å². The molecule has 0 unspecified atom stereocenters. The summed E-state index contributed by atoms with van der Waals surface area (Å²) in [6.45, 7) is 4.28. The second kappa shape index (κ2) is 3.32. The Hall–Kier alpha value is -0.530. The second-order valence-corrected chi connectivity index (χ2v) is 3.96. The first-order valence-electron chi connectivity index (χ1n) is 4.48. The van der Waals surface area contributed by atoms with E-state index < -0.39 is 0 Å². The molecule has 1 aromatic carbocycles. The largest absolute Gasteiger partial charge is 0.321 e. The zero-order valence-electron chi connectivity index (χ0n) is 8.13. The molecule has 0 spiro atoms. The molecule has 1 aliphatic rings. The Morgan fingerprint density at radius 1 is 1.15 bits per heavy atom. The van der Waals surface area contributed by atoms with Crippen molar-refractivity contribution in [3.63, 3.8) is 0 Å². The van der Waals surface area contributed by atoms with Crippen LogP contribution in [0.1, 0.15) is 29.5 Å². The third-order valence-electron chi connectivity index (χ3n) is 2.87. The maximum absolute atomic E-state index is 6.09. The molecule has 0 aromatic heterocycles. The first kappa shape index (κ1) is 10.6. The van der Waals surface area contributed by atoms with Crippen molar-refractivity contribution in [3.8, 4) is 0 Å². The first-order chi connectivity index (χ1) is 5.62. The molecule has 1 saturated carbocycles. The van der Waals surface area contributed by atoms with Crippen LogP contribution in [0, 0.1) is 13.8 Å². The predicted octanol–water partition coefficient (Wildman–Crippen LogP) is 2.67. The molecule has 2 heteroatoms. The molecule has 0 saturated heterocycles. The molecule has 1 nitrogen and oxygen atoms in total. The lowest BCUT2D eigenvalue weighted by Gasteiger charge is -2.10. The number of hydrogen-bond acceptors (Lipinski definition) is 1. The van der Waals surface area contributed by atoms with Gasteiger partial charge < -0.3 is 5.73 Å². The summed E-state index contributed by atoms with van der Waals surface area (Å²) in [4.78, 5) is 0. The normalized spacial score (nSPS) is 17.8. The van der Waals surface area contributed by atoms with Crippen molar-refractivity contribution in [1.82, 2.24) is 0 Å². The number of hydrogen-bond donors (Lipinski definition) is 1. The summed E-state index contributed by atoms with van der Waals surface area (Å²) >= 11 is 0. The van der Waals surface area contributed by atoms with Crippen molar-refractivity contribution < 1.29 is 0 Å². The number of nitrogens with two attached hydrogens (primary N) is 1. The zero-order chi connectivity index (χ0) is 8.77. The molecule has 0 amide bonds. The van der Waals surface area contributed by atoms with Gasteiger partial charge in [0.15, 0.2) is 0 Å². The fraction of sp³-hybridized carbons (Fsp3) is 0.455. The third-order valence-corrected chi connectivity index (χ3v) is 2.87. The van der Waals surface area contributed by atoms with Gasteiger partial charge in [-0.3, -0.25) is 0 Å². The minimum atomic E-state index is 0. The Labute approximate surface area is 85.7 Å². The van der Waals surface area contributed by atoms with Crippen LogP contribution in [0.5, 0.6) is 0 Å². The fourth-order valence-electron chi connectivity index (χ4n) is 1.47. The van der Waals surface area contributed by atoms with Gasteiger partial charge >= 0.3 is 0 Å². The van der Waals surface area contributed by atoms with Crippen molar-refractivity contribution in [2.24, 2.45) is 5.73 Å². The highest BCUT2D eigenvalue weighted by Crippen LogP contribution is 2.42. The Morgan fingerprint density at radius 2 is 1.77 bits per heavy atom. The minimum Gasteiger partial charge on any atom is -0.321 e. The van der Waals surface area contributed by atoms with E-state index in [0.29, 0.717) is 0 Å². The Morgan fingerprint density at radius 3 is 2.23 bits per heavy atom. The Kier molecular flexibility index (Phi) is 2.69. The van der Waals surface area contributed by atoms with Crippen molar-refractivity contribution in [3.05, 3.63) is 34.9 Å². The predicted molar refractivity (Wildman–Crippen MR) is 58.3 cm³/mol. The van der Waals surface area contributed by atoms with Gasteiger partial charge in [-0.05, 0) is 43.4 Å². The molecular formula is C11H16ClN. The van der Waals surface area contributed by atoms with Gasteiger partial charge in [-0.2, -0.15) is 0 Å². The average molecular weight is 198 g/mol. The molecule has 0 heterocycles. The molecule has 0 bridgehead atoms. The van der Waals surface area contributed by atoms with Crippen LogP contribution in [0.3, 0.4) is 0 Å². The Balaban J connectivity index is 0.000000845.